The van der Waals surface area contributed by atoms with Gasteiger partial charge in [-0.2, -0.15) is 0 Å². The lowest BCUT2D eigenvalue weighted by molar-refractivity contribution is -0.216. The molecular formula is C23H42O7. The standard InChI is InChI=1S/C23H42O7/c1-4-5-14-23(28,22(29-2)30-3)15-10-12-18-17(19(24)16-20(18)25)11-8-6-7-9-13-21(26)27/h10,12,17-20,22,24-25,28H,4-9,11,13-16H2,1-3H3,(H,26,27)/t17-,18-,19+,20-,23?/m1/s1. The van der Waals surface area contributed by atoms with Gasteiger partial charge in [0.1, 0.15) is 5.60 Å². The van der Waals surface area contributed by atoms with Crippen LogP contribution in [0.5, 0.6) is 0 Å². The zero-order valence-electron chi connectivity index (χ0n) is 18.8. The topological polar surface area (TPSA) is 116 Å². The number of methoxy groups -OCH3 is 2. The predicted molar refractivity (Wildman–Crippen MR) is 115 cm³/mol. The molecule has 7 nitrogen and oxygen atoms in total. The molecular weight excluding hydrogens is 388 g/mol. The van der Waals surface area contributed by atoms with Crippen molar-refractivity contribution in [2.24, 2.45) is 11.8 Å². The Morgan fingerprint density at radius 1 is 1.10 bits per heavy atom. The maximum atomic E-state index is 11.1. The highest BCUT2D eigenvalue weighted by atomic mass is 16.7. The first-order valence-electron chi connectivity index (χ1n) is 11.3. The van der Waals surface area contributed by atoms with E-state index in [1.165, 1.54) is 14.2 Å². The maximum Gasteiger partial charge on any atom is 0.303 e. The molecule has 1 aliphatic rings. The number of carbonyl (C=O) groups is 1. The fourth-order valence-electron chi connectivity index (χ4n) is 4.55. The van der Waals surface area contributed by atoms with Gasteiger partial charge in [0.15, 0.2) is 6.29 Å². The lowest BCUT2D eigenvalue weighted by atomic mass is 9.86. The smallest absolute Gasteiger partial charge is 0.303 e. The summed E-state index contributed by atoms with van der Waals surface area (Å²) < 4.78 is 10.6. The molecule has 0 radical (unpaired) electrons. The first-order chi connectivity index (χ1) is 14.3. The van der Waals surface area contributed by atoms with E-state index in [2.05, 4.69) is 6.92 Å². The molecule has 1 aliphatic carbocycles. The fraction of sp³-hybridized carbons (Fsp3) is 0.870. The minimum absolute atomic E-state index is 0.0277. The van der Waals surface area contributed by atoms with Crippen LogP contribution >= 0.6 is 0 Å². The molecule has 7 heteroatoms. The molecule has 1 unspecified atom stereocenters. The van der Waals surface area contributed by atoms with Gasteiger partial charge in [0.05, 0.1) is 12.2 Å². The molecule has 0 aromatic rings. The number of ether oxygens (including phenoxy) is 2. The van der Waals surface area contributed by atoms with Gasteiger partial charge in [-0.05, 0) is 31.6 Å². The molecule has 4 N–H and O–H groups in total. The molecule has 1 rings (SSSR count). The van der Waals surface area contributed by atoms with Crippen molar-refractivity contribution in [3.63, 3.8) is 0 Å². The van der Waals surface area contributed by atoms with E-state index in [0.717, 1.165) is 38.5 Å². The first-order valence-corrected chi connectivity index (χ1v) is 11.3. The molecule has 1 saturated carbocycles. The number of aliphatic hydroxyl groups excluding tert-OH is 2. The number of hydrogen-bond donors (Lipinski definition) is 4. The summed E-state index contributed by atoms with van der Waals surface area (Å²) in [6.07, 6.45) is 9.33. The summed E-state index contributed by atoms with van der Waals surface area (Å²) in [5, 5.41) is 40.6. The van der Waals surface area contributed by atoms with Crippen LogP contribution in [0.15, 0.2) is 12.2 Å². The molecule has 0 aromatic carbocycles. The van der Waals surface area contributed by atoms with E-state index in [4.69, 9.17) is 14.6 Å². The molecule has 5 atom stereocenters. The second-order valence-corrected chi connectivity index (χ2v) is 8.60. The number of carboxylic acids is 1. The minimum Gasteiger partial charge on any atom is -0.481 e. The Labute approximate surface area is 181 Å². The minimum atomic E-state index is -1.14. The highest BCUT2D eigenvalue weighted by Crippen LogP contribution is 2.37. The number of unbranched alkanes of at least 4 members (excludes halogenated alkanes) is 4. The van der Waals surface area contributed by atoms with Crippen molar-refractivity contribution in [2.45, 2.75) is 102 Å². The number of aliphatic carboxylic acids is 1. The first kappa shape index (κ1) is 27.0. The number of aliphatic hydroxyl groups is 3. The summed E-state index contributed by atoms with van der Waals surface area (Å²) >= 11 is 0. The van der Waals surface area contributed by atoms with Crippen LogP contribution in [-0.4, -0.2) is 64.7 Å². The Kier molecular flexibility index (Phi) is 12.8. The van der Waals surface area contributed by atoms with E-state index in [0.29, 0.717) is 25.7 Å². The molecule has 30 heavy (non-hydrogen) atoms. The van der Waals surface area contributed by atoms with Crippen molar-refractivity contribution >= 4 is 5.97 Å². The van der Waals surface area contributed by atoms with Crippen molar-refractivity contribution in [1.29, 1.82) is 0 Å². The third-order valence-electron chi connectivity index (χ3n) is 6.25. The van der Waals surface area contributed by atoms with E-state index >= 15 is 0 Å². The molecule has 0 saturated heterocycles. The number of hydrogen-bond acceptors (Lipinski definition) is 6. The average Bonchev–Trinajstić information content (AvgIpc) is 2.96. The second-order valence-electron chi connectivity index (χ2n) is 8.60. The Morgan fingerprint density at radius 3 is 2.37 bits per heavy atom. The van der Waals surface area contributed by atoms with E-state index < -0.39 is 30.1 Å². The summed E-state index contributed by atoms with van der Waals surface area (Å²) in [7, 11) is 3.02. The molecule has 0 aliphatic heterocycles. The van der Waals surface area contributed by atoms with Gasteiger partial charge in [-0.25, -0.2) is 0 Å². The highest BCUT2D eigenvalue weighted by Gasteiger charge is 2.40. The van der Waals surface area contributed by atoms with Crippen molar-refractivity contribution < 1.29 is 34.7 Å². The third-order valence-corrected chi connectivity index (χ3v) is 6.25. The van der Waals surface area contributed by atoms with Crippen LogP contribution in [-0.2, 0) is 14.3 Å². The van der Waals surface area contributed by atoms with Gasteiger partial charge in [-0.15, -0.1) is 0 Å². The summed E-state index contributed by atoms with van der Waals surface area (Å²) in [4.78, 5) is 10.6. The van der Waals surface area contributed by atoms with Crippen LogP contribution in [0.3, 0.4) is 0 Å². The quantitative estimate of drug-likeness (QED) is 0.169. The van der Waals surface area contributed by atoms with Crippen LogP contribution in [0.4, 0.5) is 0 Å². The van der Waals surface area contributed by atoms with Crippen LogP contribution in [0.1, 0.15) is 77.6 Å². The van der Waals surface area contributed by atoms with Crippen molar-refractivity contribution in [3.8, 4) is 0 Å². The molecule has 176 valence electrons. The monoisotopic (exact) mass is 430 g/mol. The Morgan fingerprint density at radius 2 is 1.77 bits per heavy atom. The van der Waals surface area contributed by atoms with Crippen LogP contribution in [0, 0.1) is 11.8 Å². The SMILES string of the molecule is CCCCC(O)(CC=C[C@@H]1[C@@H](CCCCCCC(=O)O)[C@@H](O)C[C@H]1O)C(OC)OC. The lowest BCUT2D eigenvalue weighted by Gasteiger charge is -2.33. The molecule has 1 fully saturated rings. The van der Waals surface area contributed by atoms with Gasteiger partial charge in [-0.3, -0.25) is 4.79 Å². The summed E-state index contributed by atoms with van der Waals surface area (Å²) in [5.41, 5.74) is -1.14. The van der Waals surface area contributed by atoms with E-state index in [1.54, 1.807) is 0 Å². The highest BCUT2D eigenvalue weighted by molar-refractivity contribution is 5.66. The van der Waals surface area contributed by atoms with Crippen molar-refractivity contribution in [3.05, 3.63) is 12.2 Å². The van der Waals surface area contributed by atoms with Crippen LogP contribution in [0.25, 0.3) is 0 Å². The summed E-state index contributed by atoms with van der Waals surface area (Å²) in [6, 6.07) is 0. The molecule has 0 bridgehead atoms. The lowest BCUT2D eigenvalue weighted by Crippen LogP contribution is -2.44. The number of rotatable bonds is 16. The molecule has 0 heterocycles. The maximum absolute atomic E-state index is 11.1. The Balaban J connectivity index is 2.64. The van der Waals surface area contributed by atoms with Crippen LogP contribution in [0.2, 0.25) is 0 Å². The van der Waals surface area contributed by atoms with Crippen molar-refractivity contribution in [1.82, 2.24) is 0 Å². The van der Waals surface area contributed by atoms with Gasteiger partial charge in [-0.1, -0.05) is 51.2 Å². The molecule has 0 aromatic heterocycles. The Bertz CT molecular complexity index is 506. The summed E-state index contributed by atoms with van der Waals surface area (Å²) in [6.45, 7) is 2.06. The summed E-state index contributed by atoms with van der Waals surface area (Å²) in [5.74, 6) is -0.948. The zero-order valence-corrected chi connectivity index (χ0v) is 18.8. The van der Waals surface area contributed by atoms with E-state index in [1.807, 2.05) is 12.2 Å². The average molecular weight is 431 g/mol. The van der Waals surface area contributed by atoms with Gasteiger partial charge in [0.25, 0.3) is 0 Å². The normalized spacial score (nSPS) is 26.5. The van der Waals surface area contributed by atoms with E-state index in [9.17, 15) is 20.1 Å². The molecule has 0 amide bonds. The largest absolute Gasteiger partial charge is 0.481 e. The van der Waals surface area contributed by atoms with Gasteiger partial charge in [0, 0.05) is 33.0 Å². The number of carboxylic acid groups (broad SMARTS) is 1. The fourth-order valence-corrected chi connectivity index (χ4v) is 4.55. The van der Waals surface area contributed by atoms with Crippen molar-refractivity contribution in [2.75, 3.05) is 14.2 Å². The van der Waals surface area contributed by atoms with Gasteiger partial charge >= 0.3 is 5.97 Å². The van der Waals surface area contributed by atoms with Gasteiger partial charge in [0.2, 0.25) is 0 Å². The van der Waals surface area contributed by atoms with Gasteiger partial charge < -0.3 is 29.9 Å². The Hall–Kier alpha value is -0.990. The third kappa shape index (κ3) is 8.63. The zero-order chi connectivity index (χ0) is 22.6. The predicted octanol–water partition coefficient (Wildman–Crippen LogP) is 3.26. The van der Waals surface area contributed by atoms with Crippen LogP contribution < -0.4 is 0 Å². The van der Waals surface area contributed by atoms with E-state index in [-0.39, 0.29) is 18.3 Å². The molecule has 0 spiro atoms. The second kappa shape index (κ2) is 14.1.